The van der Waals surface area contributed by atoms with Gasteiger partial charge in [0.1, 0.15) is 17.7 Å². The van der Waals surface area contributed by atoms with Crippen LogP contribution in [0.15, 0.2) is 96.3 Å². The summed E-state index contributed by atoms with van der Waals surface area (Å²) in [5.41, 5.74) is 3.18. The molecule has 4 rings (SSSR count). The summed E-state index contributed by atoms with van der Waals surface area (Å²) in [5.74, 6) is 1.60. The minimum atomic E-state index is -0.116. The Balaban J connectivity index is 1.75. The van der Waals surface area contributed by atoms with Crippen molar-refractivity contribution in [3.05, 3.63) is 112 Å². The van der Waals surface area contributed by atoms with Crippen molar-refractivity contribution in [1.82, 2.24) is 5.32 Å². The zero-order chi connectivity index (χ0) is 19.5. The van der Waals surface area contributed by atoms with Crippen LogP contribution in [0.4, 0.5) is 5.69 Å². The Morgan fingerprint density at radius 3 is 2.25 bits per heavy atom. The molecule has 1 N–H and O–H groups in total. The van der Waals surface area contributed by atoms with Crippen molar-refractivity contribution >= 4 is 34.7 Å². The molecule has 1 saturated heterocycles. The highest BCUT2D eigenvalue weighted by Crippen LogP contribution is 2.37. The highest BCUT2D eigenvalue weighted by molar-refractivity contribution is 6.42. The molecule has 0 aliphatic carbocycles. The van der Waals surface area contributed by atoms with Crippen LogP contribution in [0.5, 0.6) is 0 Å². The van der Waals surface area contributed by atoms with Gasteiger partial charge in [0.25, 0.3) is 0 Å². The van der Waals surface area contributed by atoms with E-state index in [4.69, 9.17) is 28.2 Å². The molecule has 3 aromatic rings. The quantitative estimate of drug-likeness (QED) is 0.556. The molecule has 1 aliphatic rings. The first-order valence-electron chi connectivity index (χ1n) is 8.97. The molecular weight excluding hydrogens is 389 g/mol. The molecule has 1 fully saturated rings. The number of anilines is 1. The third kappa shape index (κ3) is 3.77. The third-order valence-electron chi connectivity index (χ3n) is 4.65. The lowest BCUT2D eigenvalue weighted by molar-refractivity contribution is 0.887. The lowest BCUT2D eigenvalue weighted by Crippen LogP contribution is -2.24. The molecule has 28 heavy (non-hydrogen) atoms. The number of aliphatic imine (C=N–C) groups is 1. The number of halogens is 2. The van der Waals surface area contributed by atoms with Gasteiger partial charge in [-0.15, -0.1) is 0 Å². The average Bonchev–Trinajstić information content (AvgIpc) is 3.06. The van der Waals surface area contributed by atoms with Crippen LogP contribution < -0.4 is 10.2 Å². The van der Waals surface area contributed by atoms with E-state index in [1.807, 2.05) is 48.5 Å². The van der Waals surface area contributed by atoms with Crippen LogP contribution >= 0.6 is 23.2 Å². The Morgan fingerprint density at radius 1 is 0.893 bits per heavy atom. The van der Waals surface area contributed by atoms with Gasteiger partial charge in [-0.25, -0.2) is 0 Å². The number of hydrogen-bond acceptors (Lipinski definition) is 2. The van der Waals surface area contributed by atoms with Gasteiger partial charge in [-0.3, -0.25) is 4.99 Å². The molecule has 3 aromatic carbocycles. The first-order chi connectivity index (χ1) is 13.6. The summed E-state index contributed by atoms with van der Waals surface area (Å²) in [6.45, 7) is 4.80. The van der Waals surface area contributed by atoms with Gasteiger partial charge in [-0.05, 0) is 29.3 Å². The van der Waals surface area contributed by atoms with Crippen molar-refractivity contribution in [3.63, 3.8) is 0 Å². The van der Waals surface area contributed by atoms with Crippen LogP contribution in [-0.4, -0.2) is 5.84 Å². The Kier molecular flexibility index (Phi) is 5.38. The van der Waals surface area contributed by atoms with E-state index < -0.39 is 0 Å². The van der Waals surface area contributed by atoms with Crippen LogP contribution in [0.1, 0.15) is 17.2 Å². The second-order valence-corrected chi connectivity index (χ2v) is 7.35. The molecule has 1 heterocycles. The molecule has 1 atom stereocenters. The Labute approximate surface area is 174 Å². The van der Waals surface area contributed by atoms with Gasteiger partial charge in [0.05, 0.1) is 16.6 Å². The van der Waals surface area contributed by atoms with Crippen LogP contribution in [0.25, 0.3) is 0 Å². The lowest BCUT2D eigenvalue weighted by Gasteiger charge is -2.26. The van der Waals surface area contributed by atoms with E-state index in [2.05, 4.69) is 41.1 Å². The second kappa shape index (κ2) is 8.09. The third-order valence-corrected chi connectivity index (χ3v) is 5.39. The second-order valence-electron chi connectivity index (χ2n) is 6.54. The molecule has 0 radical (unpaired) electrons. The topological polar surface area (TPSA) is 27.6 Å². The molecule has 0 amide bonds. The number of rotatable bonds is 4. The normalized spacial score (nSPS) is 17.8. The summed E-state index contributed by atoms with van der Waals surface area (Å²) >= 11 is 12.4. The van der Waals surface area contributed by atoms with E-state index >= 15 is 0 Å². The highest BCUT2D eigenvalue weighted by Gasteiger charge is 2.35. The van der Waals surface area contributed by atoms with Crippen molar-refractivity contribution < 1.29 is 0 Å². The van der Waals surface area contributed by atoms with E-state index in [0.717, 1.165) is 28.5 Å². The molecule has 5 heteroatoms. The van der Waals surface area contributed by atoms with Gasteiger partial charge in [0, 0.05) is 5.69 Å². The number of amidine groups is 1. The van der Waals surface area contributed by atoms with Crippen LogP contribution in [0.2, 0.25) is 10.0 Å². The zero-order valence-electron chi connectivity index (χ0n) is 15.1. The van der Waals surface area contributed by atoms with Gasteiger partial charge in [0.15, 0.2) is 0 Å². The van der Waals surface area contributed by atoms with Crippen molar-refractivity contribution in [2.75, 3.05) is 4.90 Å². The van der Waals surface area contributed by atoms with E-state index in [1.54, 1.807) is 6.07 Å². The molecule has 1 unspecified atom stereocenters. The van der Waals surface area contributed by atoms with E-state index in [1.165, 1.54) is 0 Å². The maximum Gasteiger partial charge on any atom is 0.130 e. The predicted molar refractivity (Wildman–Crippen MR) is 118 cm³/mol. The molecule has 0 aromatic heterocycles. The number of nitrogens with zero attached hydrogens (tertiary/aromatic N) is 2. The molecule has 0 saturated carbocycles. The van der Waals surface area contributed by atoms with Crippen molar-refractivity contribution in [3.8, 4) is 0 Å². The van der Waals surface area contributed by atoms with Crippen LogP contribution in [0, 0.1) is 0 Å². The molecule has 140 valence electrons. The highest BCUT2D eigenvalue weighted by atomic mass is 35.5. The largest absolute Gasteiger partial charge is 0.329 e. The van der Waals surface area contributed by atoms with Crippen molar-refractivity contribution in [2.24, 2.45) is 4.99 Å². The Bertz CT molecular complexity index is 1020. The van der Waals surface area contributed by atoms with Crippen molar-refractivity contribution in [1.29, 1.82) is 0 Å². The SMILES string of the molecule is C=C1NC(=NCc2ccccc2)C(c2ccccc2)N1c1ccc(Cl)c(Cl)c1. The smallest absolute Gasteiger partial charge is 0.130 e. The monoisotopic (exact) mass is 407 g/mol. The molecule has 3 nitrogen and oxygen atoms in total. The van der Waals surface area contributed by atoms with Crippen molar-refractivity contribution in [2.45, 2.75) is 12.6 Å². The Morgan fingerprint density at radius 2 is 1.57 bits per heavy atom. The summed E-state index contributed by atoms with van der Waals surface area (Å²) in [5, 5.41) is 4.39. The number of benzene rings is 3. The van der Waals surface area contributed by atoms with Gasteiger partial charge in [-0.2, -0.15) is 0 Å². The predicted octanol–water partition coefficient (Wildman–Crippen LogP) is 6.21. The van der Waals surface area contributed by atoms with Gasteiger partial charge in [-0.1, -0.05) is 90.4 Å². The summed E-state index contributed by atoms with van der Waals surface area (Å²) in [4.78, 5) is 6.96. The maximum atomic E-state index is 6.27. The summed E-state index contributed by atoms with van der Waals surface area (Å²) in [6, 6.07) is 25.9. The summed E-state index contributed by atoms with van der Waals surface area (Å²) in [6.07, 6.45) is 0. The number of hydrogen-bond donors (Lipinski definition) is 1. The fourth-order valence-electron chi connectivity index (χ4n) is 3.32. The molecular formula is C23H19Cl2N3. The summed E-state index contributed by atoms with van der Waals surface area (Å²) in [7, 11) is 0. The first-order valence-corrected chi connectivity index (χ1v) is 9.72. The lowest BCUT2D eigenvalue weighted by atomic mass is 10.0. The molecule has 0 spiro atoms. The fourth-order valence-corrected chi connectivity index (χ4v) is 3.61. The zero-order valence-corrected chi connectivity index (χ0v) is 16.7. The minimum absolute atomic E-state index is 0.116. The van der Waals surface area contributed by atoms with Gasteiger partial charge < -0.3 is 10.2 Å². The van der Waals surface area contributed by atoms with Crippen LogP contribution in [-0.2, 0) is 6.54 Å². The maximum absolute atomic E-state index is 6.27. The fraction of sp³-hybridized carbons (Fsp3) is 0.0870. The summed E-state index contributed by atoms with van der Waals surface area (Å²) < 4.78 is 0. The van der Waals surface area contributed by atoms with E-state index in [0.29, 0.717) is 16.6 Å². The number of nitrogens with one attached hydrogen (secondary N) is 1. The van der Waals surface area contributed by atoms with Crippen LogP contribution in [0.3, 0.4) is 0 Å². The van der Waals surface area contributed by atoms with E-state index in [9.17, 15) is 0 Å². The van der Waals surface area contributed by atoms with E-state index in [-0.39, 0.29) is 6.04 Å². The van der Waals surface area contributed by atoms with Gasteiger partial charge >= 0.3 is 0 Å². The van der Waals surface area contributed by atoms with Gasteiger partial charge in [0.2, 0.25) is 0 Å². The standard InChI is InChI=1S/C23H19Cl2N3/c1-16-27-23(26-15-17-8-4-2-5-9-17)22(18-10-6-3-7-11-18)28(16)19-12-13-20(24)21(25)14-19/h2-14,22H,1,15H2,(H,26,27). The average molecular weight is 408 g/mol. The first kappa shape index (κ1) is 18.6. The molecule has 0 bridgehead atoms. The Hall–Kier alpha value is -2.75. The minimum Gasteiger partial charge on any atom is -0.329 e. The molecule has 1 aliphatic heterocycles.